The first-order valence-corrected chi connectivity index (χ1v) is 7.98. The molecule has 122 valence electrons. The van der Waals surface area contributed by atoms with Gasteiger partial charge in [0.1, 0.15) is 0 Å². The zero-order chi connectivity index (χ0) is 17.2. The first-order valence-electron chi connectivity index (χ1n) is 7.98. The lowest BCUT2D eigenvalue weighted by atomic mass is 10.0. The molecule has 0 bridgehead atoms. The van der Waals surface area contributed by atoms with Gasteiger partial charge < -0.3 is 4.98 Å². The summed E-state index contributed by atoms with van der Waals surface area (Å²) in [5, 5.41) is 6.56. The van der Waals surface area contributed by atoms with E-state index in [1.165, 1.54) is 5.39 Å². The van der Waals surface area contributed by atoms with Crippen molar-refractivity contribution < 1.29 is 4.79 Å². The van der Waals surface area contributed by atoms with Gasteiger partial charge in [0.25, 0.3) is 5.91 Å². The first-order chi connectivity index (χ1) is 12.2. The van der Waals surface area contributed by atoms with E-state index in [-0.39, 0.29) is 5.91 Å². The van der Waals surface area contributed by atoms with Gasteiger partial charge in [-0.05, 0) is 47.5 Å². The van der Waals surface area contributed by atoms with Crippen LogP contribution in [0.3, 0.4) is 0 Å². The molecule has 0 saturated carbocycles. The molecule has 0 aliphatic heterocycles. The molecule has 1 aromatic heterocycles. The maximum Gasteiger partial charge on any atom is 0.271 e. The van der Waals surface area contributed by atoms with Crippen molar-refractivity contribution in [2.45, 2.75) is 6.92 Å². The monoisotopic (exact) mass is 328 g/mol. The van der Waals surface area contributed by atoms with Gasteiger partial charge in [0.05, 0.1) is 23.1 Å². The molecule has 0 aliphatic carbocycles. The molecule has 0 aliphatic rings. The van der Waals surface area contributed by atoms with Gasteiger partial charge >= 0.3 is 0 Å². The second-order valence-corrected chi connectivity index (χ2v) is 5.83. The SMILES string of the molecule is C/C(=N\NC(=O)c1ccc2nc[nH]c2c1)c1ccc2ccccc2c1. The summed E-state index contributed by atoms with van der Waals surface area (Å²) in [6, 6.07) is 19.6. The highest BCUT2D eigenvalue weighted by Gasteiger charge is 2.07. The normalized spacial score (nSPS) is 11.8. The summed E-state index contributed by atoms with van der Waals surface area (Å²) in [4.78, 5) is 19.4. The fraction of sp³-hybridized carbons (Fsp3) is 0.0500. The van der Waals surface area contributed by atoms with Crippen LogP contribution in [0.1, 0.15) is 22.8 Å². The lowest BCUT2D eigenvalue weighted by Crippen LogP contribution is -2.19. The van der Waals surface area contributed by atoms with Crippen LogP contribution in [-0.4, -0.2) is 21.6 Å². The third-order valence-electron chi connectivity index (χ3n) is 4.17. The molecular weight excluding hydrogens is 312 g/mol. The van der Waals surface area contributed by atoms with Crippen LogP contribution in [0.2, 0.25) is 0 Å². The first kappa shape index (κ1) is 15.1. The largest absolute Gasteiger partial charge is 0.345 e. The van der Waals surface area contributed by atoms with Gasteiger partial charge in [-0.15, -0.1) is 0 Å². The number of carbonyl (C=O) groups excluding carboxylic acids is 1. The molecule has 1 heterocycles. The fourth-order valence-corrected chi connectivity index (χ4v) is 2.75. The second kappa shape index (κ2) is 6.20. The minimum absolute atomic E-state index is 0.253. The molecule has 3 aromatic carbocycles. The highest BCUT2D eigenvalue weighted by Crippen LogP contribution is 2.16. The van der Waals surface area contributed by atoms with Crippen molar-refractivity contribution in [1.82, 2.24) is 15.4 Å². The van der Waals surface area contributed by atoms with Crippen molar-refractivity contribution in [2.24, 2.45) is 5.10 Å². The minimum Gasteiger partial charge on any atom is -0.345 e. The maximum atomic E-state index is 12.3. The Bertz CT molecular complexity index is 1110. The van der Waals surface area contributed by atoms with Gasteiger partial charge in [0, 0.05) is 5.56 Å². The number of aromatic amines is 1. The van der Waals surface area contributed by atoms with Gasteiger partial charge in [-0.25, -0.2) is 10.4 Å². The van der Waals surface area contributed by atoms with Crippen LogP contribution in [0, 0.1) is 0 Å². The maximum absolute atomic E-state index is 12.3. The van der Waals surface area contributed by atoms with Gasteiger partial charge in [-0.3, -0.25) is 4.79 Å². The Hall–Kier alpha value is -3.47. The molecule has 0 spiro atoms. The summed E-state index contributed by atoms with van der Waals surface area (Å²) in [5.41, 5.74) is 6.53. The molecule has 0 fully saturated rings. The minimum atomic E-state index is -0.253. The molecule has 2 N–H and O–H groups in total. The summed E-state index contributed by atoms with van der Waals surface area (Å²) in [6.45, 7) is 1.88. The van der Waals surface area contributed by atoms with E-state index in [1.807, 2.05) is 25.1 Å². The van der Waals surface area contributed by atoms with Crippen LogP contribution in [0.15, 0.2) is 72.1 Å². The Morgan fingerprint density at radius 2 is 1.80 bits per heavy atom. The number of imidazole rings is 1. The third-order valence-corrected chi connectivity index (χ3v) is 4.17. The molecule has 0 saturated heterocycles. The van der Waals surface area contributed by atoms with E-state index in [2.05, 4.69) is 44.8 Å². The van der Waals surface area contributed by atoms with E-state index in [9.17, 15) is 4.79 Å². The smallest absolute Gasteiger partial charge is 0.271 e. The van der Waals surface area contributed by atoms with Gasteiger partial charge in [-0.1, -0.05) is 36.4 Å². The van der Waals surface area contributed by atoms with Crippen LogP contribution >= 0.6 is 0 Å². The van der Waals surface area contributed by atoms with Crippen LogP contribution in [0.25, 0.3) is 21.8 Å². The van der Waals surface area contributed by atoms with Crippen molar-refractivity contribution in [1.29, 1.82) is 0 Å². The number of amides is 1. The molecule has 0 radical (unpaired) electrons. The van der Waals surface area contributed by atoms with E-state index in [0.29, 0.717) is 5.56 Å². The number of hydrazone groups is 1. The number of aromatic nitrogens is 2. The van der Waals surface area contributed by atoms with Crippen molar-refractivity contribution in [3.63, 3.8) is 0 Å². The van der Waals surface area contributed by atoms with Crippen LogP contribution < -0.4 is 5.43 Å². The quantitative estimate of drug-likeness (QED) is 0.443. The van der Waals surface area contributed by atoms with E-state index in [0.717, 1.165) is 27.7 Å². The molecule has 1 amide bonds. The predicted octanol–water partition coefficient (Wildman–Crippen LogP) is 3.87. The highest BCUT2D eigenvalue weighted by molar-refractivity contribution is 6.03. The van der Waals surface area contributed by atoms with Crippen molar-refractivity contribution in [2.75, 3.05) is 0 Å². The number of carbonyl (C=O) groups is 1. The Labute approximate surface area is 144 Å². The number of benzene rings is 3. The lowest BCUT2D eigenvalue weighted by Gasteiger charge is -2.05. The number of fused-ring (bicyclic) bond motifs is 2. The topological polar surface area (TPSA) is 70.1 Å². The number of nitrogens with one attached hydrogen (secondary N) is 2. The van der Waals surface area contributed by atoms with Crippen molar-refractivity contribution in [3.05, 3.63) is 78.1 Å². The molecule has 0 atom stereocenters. The number of hydrogen-bond donors (Lipinski definition) is 2. The van der Waals surface area contributed by atoms with Crippen LogP contribution in [-0.2, 0) is 0 Å². The van der Waals surface area contributed by atoms with E-state index in [1.54, 1.807) is 24.5 Å². The second-order valence-electron chi connectivity index (χ2n) is 5.83. The number of nitrogens with zero attached hydrogens (tertiary/aromatic N) is 2. The summed E-state index contributed by atoms with van der Waals surface area (Å²) in [5.74, 6) is -0.253. The Kier molecular flexibility index (Phi) is 3.74. The molecule has 0 unspecified atom stereocenters. The number of hydrogen-bond acceptors (Lipinski definition) is 3. The Morgan fingerprint density at radius 3 is 2.68 bits per heavy atom. The Morgan fingerprint density at radius 1 is 1.00 bits per heavy atom. The zero-order valence-electron chi connectivity index (χ0n) is 13.7. The summed E-state index contributed by atoms with van der Waals surface area (Å²) >= 11 is 0. The Balaban J connectivity index is 1.55. The average Bonchev–Trinajstić information content (AvgIpc) is 3.13. The van der Waals surface area contributed by atoms with Gasteiger partial charge in [-0.2, -0.15) is 5.10 Å². The van der Waals surface area contributed by atoms with Crippen molar-refractivity contribution in [3.8, 4) is 0 Å². The molecule has 4 aromatic rings. The molecule has 5 nitrogen and oxygen atoms in total. The van der Waals surface area contributed by atoms with E-state index >= 15 is 0 Å². The number of H-pyrrole nitrogens is 1. The van der Waals surface area contributed by atoms with Gasteiger partial charge in [0.15, 0.2) is 0 Å². The lowest BCUT2D eigenvalue weighted by molar-refractivity contribution is 0.0955. The molecule has 25 heavy (non-hydrogen) atoms. The summed E-state index contributed by atoms with van der Waals surface area (Å²) in [7, 11) is 0. The van der Waals surface area contributed by atoms with Crippen LogP contribution in [0.5, 0.6) is 0 Å². The predicted molar refractivity (Wildman–Crippen MR) is 99.7 cm³/mol. The van der Waals surface area contributed by atoms with E-state index < -0.39 is 0 Å². The molecule has 5 heteroatoms. The molecular formula is C20H16N4O. The highest BCUT2D eigenvalue weighted by atomic mass is 16.2. The van der Waals surface area contributed by atoms with Crippen molar-refractivity contribution >= 4 is 33.4 Å². The van der Waals surface area contributed by atoms with Gasteiger partial charge in [0.2, 0.25) is 0 Å². The number of rotatable bonds is 3. The fourth-order valence-electron chi connectivity index (χ4n) is 2.75. The summed E-state index contributed by atoms with van der Waals surface area (Å²) < 4.78 is 0. The summed E-state index contributed by atoms with van der Waals surface area (Å²) in [6.07, 6.45) is 1.61. The average molecular weight is 328 g/mol. The van der Waals surface area contributed by atoms with Crippen LogP contribution in [0.4, 0.5) is 0 Å². The molecule has 4 rings (SSSR count). The standard InChI is InChI=1S/C20H16N4O/c1-13(15-7-6-14-4-2-3-5-16(14)10-15)23-24-20(25)17-8-9-18-19(11-17)22-12-21-18/h2-12H,1H3,(H,21,22)(H,24,25)/b23-13+. The van der Waals surface area contributed by atoms with E-state index in [4.69, 9.17) is 0 Å². The zero-order valence-corrected chi connectivity index (χ0v) is 13.7. The third kappa shape index (κ3) is 2.99.